The lowest BCUT2D eigenvalue weighted by molar-refractivity contribution is -0.168. The first-order chi connectivity index (χ1) is 8.29. The summed E-state index contributed by atoms with van der Waals surface area (Å²) in [6.45, 7) is 14.2. The van der Waals surface area contributed by atoms with Crippen LogP contribution in [-0.2, 0) is 0 Å². The van der Waals surface area contributed by atoms with Crippen molar-refractivity contribution in [3.63, 3.8) is 0 Å². The number of nitrogens with two attached hydrogens (primary N) is 1. The molecule has 1 rings (SSSR count). The first-order valence-electron chi connectivity index (χ1n) is 7.11. The van der Waals surface area contributed by atoms with Crippen molar-refractivity contribution in [2.45, 2.75) is 84.4 Å². The molecule has 0 unspecified atom stereocenters. The molecular formula is C15H30N2O2. The number of piperidine rings is 1. The van der Waals surface area contributed by atoms with Crippen LogP contribution in [0.3, 0.4) is 0 Å². The predicted molar refractivity (Wildman–Crippen MR) is 77.8 cm³/mol. The van der Waals surface area contributed by atoms with Crippen LogP contribution in [-0.4, -0.2) is 32.7 Å². The fourth-order valence-corrected chi connectivity index (χ4v) is 3.88. The van der Waals surface area contributed by atoms with Gasteiger partial charge in [-0.25, -0.2) is 4.79 Å². The van der Waals surface area contributed by atoms with Gasteiger partial charge in [-0.2, -0.15) is 0 Å². The van der Waals surface area contributed by atoms with Gasteiger partial charge in [0, 0.05) is 11.1 Å². The molecule has 1 aliphatic rings. The Morgan fingerprint density at radius 2 is 1.58 bits per heavy atom. The van der Waals surface area contributed by atoms with Gasteiger partial charge in [-0.05, 0) is 52.4 Å². The molecule has 0 spiro atoms. The highest BCUT2D eigenvalue weighted by molar-refractivity contribution is 5.74. The van der Waals surface area contributed by atoms with Gasteiger partial charge >= 0.3 is 6.03 Å². The molecule has 0 bridgehead atoms. The number of aliphatic hydroxyl groups is 1. The number of rotatable bonds is 2. The van der Waals surface area contributed by atoms with E-state index in [0.717, 1.165) is 6.42 Å². The molecule has 1 saturated heterocycles. The van der Waals surface area contributed by atoms with Crippen molar-refractivity contribution in [2.75, 3.05) is 0 Å². The number of urea groups is 1. The number of likely N-dealkylation sites (tertiary alicyclic amines) is 1. The smallest absolute Gasteiger partial charge is 0.315 e. The summed E-state index contributed by atoms with van der Waals surface area (Å²) in [5, 5.41) is 11.2. The number of carbonyl (C=O) groups is 1. The topological polar surface area (TPSA) is 66.6 Å². The second kappa shape index (κ2) is 4.37. The van der Waals surface area contributed by atoms with E-state index >= 15 is 0 Å². The number of nitrogens with zero attached hydrogens (tertiary/aromatic N) is 1. The van der Waals surface area contributed by atoms with Gasteiger partial charge in [0.1, 0.15) is 0 Å². The molecule has 112 valence electrons. The lowest BCUT2D eigenvalue weighted by atomic mass is 9.60. The molecule has 2 amide bonds. The Kier molecular flexibility index (Phi) is 3.74. The van der Waals surface area contributed by atoms with Crippen molar-refractivity contribution in [3.8, 4) is 0 Å². The summed E-state index contributed by atoms with van der Waals surface area (Å²) < 4.78 is 0. The van der Waals surface area contributed by atoms with Crippen molar-refractivity contribution in [3.05, 3.63) is 0 Å². The van der Waals surface area contributed by atoms with Gasteiger partial charge in [0.15, 0.2) is 0 Å². The highest BCUT2D eigenvalue weighted by Gasteiger charge is 2.57. The largest absolute Gasteiger partial charge is 0.389 e. The molecule has 1 fully saturated rings. The molecule has 0 aromatic rings. The maximum absolute atomic E-state index is 11.8. The summed E-state index contributed by atoms with van der Waals surface area (Å²) in [6, 6.07) is -0.411. The monoisotopic (exact) mass is 270 g/mol. The van der Waals surface area contributed by atoms with Gasteiger partial charge in [-0.15, -0.1) is 0 Å². The first kappa shape index (κ1) is 16.3. The Hall–Kier alpha value is -0.770. The van der Waals surface area contributed by atoms with Gasteiger partial charge in [0.25, 0.3) is 0 Å². The summed E-state index contributed by atoms with van der Waals surface area (Å²) in [7, 11) is 0. The molecule has 3 N–H and O–H groups in total. The molecule has 0 radical (unpaired) electrons. The van der Waals surface area contributed by atoms with E-state index in [1.54, 1.807) is 4.90 Å². The van der Waals surface area contributed by atoms with Crippen LogP contribution in [0.4, 0.5) is 4.79 Å². The number of amides is 2. The maximum atomic E-state index is 11.8. The van der Waals surface area contributed by atoms with Crippen molar-refractivity contribution in [1.82, 2.24) is 4.90 Å². The van der Waals surface area contributed by atoms with Crippen LogP contribution in [0.2, 0.25) is 0 Å². The van der Waals surface area contributed by atoms with Crippen LogP contribution in [0.25, 0.3) is 0 Å². The molecule has 1 heterocycles. The number of primary amides is 1. The zero-order chi connectivity index (χ0) is 15.3. The quantitative estimate of drug-likeness (QED) is 0.810. The second-order valence-corrected chi connectivity index (χ2v) is 7.92. The van der Waals surface area contributed by atoms with E-state index in [0.29, 0.717) is 12.8 Å². The Bertz CT molecular complexity index is 354. The van der Waals surface area contributed by atoms with E-state index in [-0.39, 0.29) is 5.41 Å². The van der Waals surface area contributed by atoms with Crippen LogP contribution in [0.5, 0.6) is 0 Å². The van der Waals surface area contributed by atoms with E-state index in [1.807, 2.05) is 27.7 Å². The zero-order valence-corrected chi connectivity index (χ0v) is 13.5. The van der Waals surface area contributed by atoms with Gasteiger partial charge < -0.3 is 15.7 Å². The average molecular weight is 270 g/mol. The van der Waals surface area contributed by atoms with Crippen molar-refractivity contribution in [1.29, 1.82) is 0 Å². The van der Waals surface area contributed by atoms with E-state index in [9.17, 15) is 9.90 Å². The molecule has 0 saturated carbocycles. The third kappa shape index (κ3) is 2.60. The van der Waals surface area contributed by atoms with E-state index in [1.165, 1.54) is 0 Å². The Morgan fingerprint density at radius 1 is 1.21 bits per heavy atom. The van der Waals surface area contributed by atoms with Gasteiger partial charge in [-0.3, -0.25) is 0 Å². The van der Waals surface area contributed by atoms with Crippen molar-refractivity contribution < 1.29 is 9.90 Å². The minimum absolute atomic E-state index is 0.189. The summed E-state index contributed by atoms with van der Waals surface area (Å²) in [5.74, 6) is 0. The predicted octanol–water partition coefficient (Wildman–Crippen LogP) is 2.89. The van der Waals surface area contributed by atoms with Crippen LogP contribution in [0.1, 0.15) is 67.7 Å². The molecule has 0 atom stereocenters. The minimum atomic E-state index is -0.791. The molecule has 19 heavy (non-hydrogen) atoms. The highest BCUT2D eigenvalue weighted by atomic mass is 16.3. The average Bonchev–Trinajstić information content (AvgIpc) is 2.11. The molecule has 4 heteroatoms. The summed E-state index contributed by atoms with van der Waals surface area (Å²) in [6.07, 6.45) is 1.99. The maximum Gasteiger partial charge on any atom is 0.315 e. The van der Waals surface area contributed by atoms with E-state index < -0.39 is 22.7 Å². The summed E-state index contributed by atoms with van der Waals surface area (Å²) in [5.41, 5.74) is 3.67. The Morgan fingerprint density at radius 3 is 1.84 bits per heavy atom. The van der Waals surface area contributed by atoms with Gasteiger partial charge in [0.2, 0.25) is 0 Å². The van der Waals surface area contributed by atoms with Gasteiger partial charge in [-0.1, -0.05) is 20.8 Å². The van der Waals surface area contributed by atoms with Gasteiger partial charge in [0.05, 0.1) is 5.60 Å². The SMILES string of the molecule is CCC(C)(C)C1(O)CC(C)(C)N(C(N)=O)C(C)(C)C1. The number of hydrogen-bond donors (Lipinski definition) is 2. The number of hydrogen-bond acceptors (Lipinski definition) is 2. The molecule has 0 aromatic heterocycles. The second-order valence-electron chi connectivity index (χ2n) is 7.92. The van der Waals surface area contributed by atoms with Crippen molar-refractivity contribution in [2.24, 2.45) is 11.1 Å². The normalized spacial score (nSPS) is 25.2. The molecule has 0 aromatic carbocycles. The lowest BCUT2D eigenvalue weighted by Gasteiger charge is -2.61. The standard InChI is InChI=1S/C15H30N2O2/c1-8-12(2,3)15(19)9-13(4,5)17(11(16)18)14(6,7)10-15/h19H,8-10H2,1-7H3,(H2,16,18). The summed E-state index contributed by atoms with van der Waals surface area (Å²) in [4.78, 5) is 13.5. The van der Waals surface area contributed by atoms with E-state index in [2.05, 4.69) is 20.8 Å². The highest BCUT2D eigenvalue weighted by Crippen LogP contribution is 2.51. The fourth-order valence-electron chi connectivity index (χ4n) is 3.88. The Labute approximate surface area is 117 Å². The molecular weight excluding hydrogens is 240 g/mol. The Balaban J connectivity index is 3.27. The molecule has 1 aliphatic heterocycles. The fraction of sp³-hybridized carbons (Fsp3) is 0.933. The summed E-state index contributed by atoms with van der Waals surface area (Å²) >= 11 is 0. The van der Waals surface area contributed by atoms with E-state index in [4.69, 9.17) is 5.73 Å². The van der Waals surface area contributed by atoms with Crippen LogP contribution in [0.15, 0.2) is 0 Å². The van der Waals surface area contributed by atoms with Crippen LogP contribution >= 0.6 is 0 Å². The van der Waals surface area contributed by atoms with Crippen molar-refractivity contribution >= 4 is 6.03 Å². The lowest BCUT2D eigenvalue weighted by Crippen LogP contribution is -2.70. The molecule has 4 nitrogen and oxygen atoms in total. The molecule has 0 aliphatic carbocycles. The third-order valence-electron chi connectivity index (χ3n) is 5.02. The zero-order valence-electron chi connectivity index (χ0n) is 13.5. The first-order valence-corrected chi connectivity index (χ1v) is 7.11. The van der Waals surface area contributed by atoms with Crippen LogP contribution in [0, 0.1) is 5.41 Å². The number of carbonyl (C=O) groups excluding carboxylic acids is 1. The van der Waals surface area contributed by atoms with Crippen LogP contribution < -0.4 is 5.73 Å². The minimum Gasteiger partial charge on any atom is -0.389 e. The third-order valence-corrected chi connectivity index (χ3v) is 5.02.